The van der Waals surface area contributed by atoms with Gasteiger partial charge in [-0.1, -0.05) is 17.3 Å². The molecular weight excluding hydrogens is 570 g/mol. The Labute approximate surface area is 250 Å². The van der Waals surface area contributed by atoms with E-state index in [9.17, 15) is 27.2 Å². The zero-order valence-corrected chi connectivity index (χ0v) is 22.2. The summed E-state index contributed by atoms with van der Waals surface area (Å²) in [6.07, 6.45) is -5.83. The molecule has 2 aromatic carbocycles. The van der Waals surface area contributed by atoms with Crippen molar-refractivity contribution in [2.24, 2.45) is 0 Å². The highest BCUT2D eigenvalue weighted by Gasteiger charge is 2.30. The standard InChI is InChI=1S/C30H25F4N5O4/c1-29(2,28-36-15-42-39-28)38-25(40)18-6-4-5-17(13-18)20-14-21-23(26(41)35-3)24(16-7-9-19(31)10-8-16)43-27(21)37-22(20)11-12-30(32,33)34/h4-10,13-15H,11-12H2,1-3H3,(H,35,41)(H,38,40)/i1D3,2D3. The number of rotatable bonds is 8. The van der Waals surface area contributed by atoms with Crippen molar-refractivity contribution in [1.29, 1.82) is 0 Å². The number of halogens is 4. The predicted octanol–water partition coefficient (Wildman–Crippen LogP) is 6.20. The number of amides is 2. The van der Waals surface area contributed by atoms with Crippen molar-refractivity contribution in [3.8, 4) is 22.5 Å². The van der Waals surface area contributed by atoms with Crippen molar-refractivity contribution >= 4 is 22.9 Å². The maximum atomic E-state index is 13.7. The number of aromatic nitrogens is 3. The Balaban J connectivity index is 1.67. The van der Waals surface area contributed by atoms with Crippen LogP contribution < -0.4 is 10.6 Å². The van der Waals surface area contributed by atoms with Gasteiger partial charge in [-0.15, -0.1) is 0 Å². The number of nitrogens with one attached hydrogen (secondary N) is 2. The number of furan rings is 1. The summed E-state index contributed by atoms with van der Waals surface area (Å²) >= 11 is 0. The first-order valence-electron chi connectivity index (χ1n) is 15.6. The number of pyridine rings is 1. The molecule has 5 rings (SSSR count). The predicted molar refractivity (Wildman–Crippen MR) is 147 cm³/mol. The van der Waals surface area contributed by atoms with Crippen molar-refractivity contribution in [2.45, 2.75) is 38.3 Å². The molecule has 0 aliphatic rings. The van der Waals surface area contributed by atoms with Crippen LogP contribution in [0.2, 0.25) is 0 Å². The van der Waals surface area contributed by atoms with Crippen molar-refractivity contribution in [3.63, 3.8) is 0 Å². The molecule has 0 saturated carbocycles. The van der Waals surface area contributed by atoms with Gasteiger partial charge in [0.25, 0.3) is 11.8 Å². The molecule has 2 amide bonds. The first-order valence-corrected chi connectivity index (χ1v) is 12.6. The second-order valence-electron chi connectivity index (χ2n) is 9.38. The average Bonchev–Trinajstić information content (AvgIpc) is 3.69. The van der Waals surface area contributed by atoms with Gasteiger partial charge in [0, 0.05) is 38.4 Å². The van der Waals surface area contributed by atoms with E-state index in [2.05, 4.69) is 25.0 Å². The minimum absolute atomic E-state index is 0.0268. The molecule has 0 unspecified atom stereocenters. The molecular formula is C30H25F4N5O4. The number of nitrogens with zero attached hydrogens (tertiary/aromatic N) is 3. The van der Waals surface area contributed by atoms with Crippen LogP contribution in [0.5, 0.6) is 0 Å². The smallest absolute Gasteiger partial charge is 0.389 e. The molecule has 5 aromatic rings. The van der Waals surface area contributed by atoms with Gasteiger partial charge in [-0.3, -0.25) is 9.59 Å². The summed E-state index contributed by atoms with van der Waals surface area (Å²) in [6.45, 7) is -6.84. The van der Waals surface area contributed by atoms with Crippen LogP contribution >= 0.6 is 0 Å². The van der Waals surface area contributed by atoms with Crippen molar-refractivity contribution in [1.82, 2.24) is 25.8 Å². The largest absolute Gasteiger partial charge is 0.437 e. The molecule has 0 fully saturated rings. The van der Waals surface area contributed by atoms with Gasteiger partial charge >= 0.3 is 6.18 Å². The van der Waals surface area contributed by atoms with E-state index in [0.717, 1.165) is 12.1 Å². The van der Waals surface area contributed by atoms with E-state index < -0.39 is 61.7 Å². The van der Waals surface area contributed by atoms with Crippen LogP contribution in [-0.4, -0.2) is 40.2 Å². The zero-order chi connectivity index (χ0) is 35.9. The lowest BCUT2D eigenvalue weighted by Gasteiger charge is -2.22. The van der Waals surface area contributed by atoms with E-state index in [4.69, 9.17) is 12.6 Å². The fourth-order valence-corrected chi connectivity index (χ4v) is 4.38. The van der Waals surface area contributed by atoms with Gasteiger partial charge in [-0.2, -0.15) is 18.2 Å². The number of carbonyl (C=O) groups is 2. The number of aryl methyl sites for hydroxylation is 1. The lowest BCUT2D eigenvalue weighted by atomic mass is 9.96. The maximum absolute atomic E-state index is 13.7. The molecule has 0 atom stereocenters. The molecule has 0 radical (unpaired) electrons. The van der Waals surface area contributed by atoms with E-state index in [-0.39, 0.29) is 50.4 Å². The summed E-state index contributed by atoms with van der Waals surface area (Å²) in [6, 6.07) is 11.5. The van der Waals surface area contributed by atoms with Gasteiger partial charge in [0.1, 0.15) is 11.6 Å². The Morgan fingerprint density at radius 2 is 1.79 bits per heavy atom. The number of fused-ring (bicyclic) bond motifs is 1. The van der Waals surface area contributed by atoms with Crippen LogP contribution in [0.3, 0.4) is 0 Å². The molecule has 0 bridgehead atoms. The van der Waals surface area contributed by atoms with Gasteiger partial charge < -0.3 is 19.6 Å². The van der Waals surface area contributed by atoms with Crippen molar-refractivity contribution < 1.29 is 44.3 Å². The Hall–Kier alpha value is -5.07. The molecule has 0 aliphatic heterocycles. The van der Waals surface area contributed by atoms with Crippen LogP contribution in [0, 0.1) is 5.82 Å². The summed E-state index contributed by atoms with van der Waals surface area (Å²) in [5.74, 6) is -3.26. The third-order valence-electron chi connectivity index (χ3n) is 6.40. The van der Waals surface area contributed by atoms with E-state index in [1.807, 2.05) is 5.32 Å². The number of benzene rings is 2. The molecule has 222 valence electrons. The highest BCUT2D eigenvalue weighted by Crippen LogP contribution is 2.37. The summed E-state index contributed by atoms with van der Waals surface area (Å²) < 4.78 is 112. The Bertz CT molecular complexity index is 2000. The molecule has 3 heterocycles. The molecule has 3 aromatic heterocycles. The van der Waals surface area contributed by atoms with Crippen LogP contribution in [0.4, 0.5) is 17.6 Å². The minimum atomic E-state index is -4.59. The number of hydrogen-bond donors (Lipinski definition) is 2. The zero-order valence-electron chi connectivity index (χ0n) is 28.2. The van der Waals surface area contributed by atoms with Crippen LogP contribution in [0.15, 0.2) is 69.9 Å². The van der Waals surface area contributed by atoms with Gasteiger partial charge in [-0.05, 0) is 68.2 Å². The quantitative estimate of drug-likeness (QED) is 0.203. The SMILES string of the molecule is [2H]C([2H])([2H])C(NC(=O)c1cccc(-c2cc3c(C(=O)NC)c(-c4ccc(F)cc4)oc3nc2CCC(F)(F)F)c1)(c1ncon1)C([2H])([2H])[2H]. The number of carbonyl (C=O) groups excluding carboxylic acids is 2. The Morgan fingerprint density at radius 1 is 1.02 bits per heavy atom. The normalized spacial score (nSPS) is 14.6. The highest BCUT2D eigenvalue weighted by atomic mass is 19.4. The molecule has 0 spiro atoms. The molecule has 13 heteroatoms. The van der Waals surface area contributed by atoms with Gasteiger partial charge in [-0.25, -0.2) is 9.37 Å². The molecule has 9 nitrogen and oxygen atoms in total. The van der Waals surface area contributed by atoms with Gasteiger partial charge in [0.15, 0.2) is 5.82 Å². The third kappa shape index (κ3) is 6.25. The van der Waals surface area contributed by atoms with Crippen LogP contribution in [-0.2, 0) is 12.0 Å². The maximum Gasteiger partial charge on any atom is 0.389 e. The van der Waals surface area contributed by atoms with Gasteiger partial charge in [0.2, 0.25) is 12.1 Å². The van der Waals surface area contributed by atoms with Crippen molar-refractivity contribution in [3.05, 3.63) is 89.5 Å². The van der Waals surface area contributed by atoms with Crippen molar-refractivity contribution in [2.75, 3.05) is 7.05 Å². The minimum Gasteiger partial charge on any atom is -0.437 e. The molecule has 43 heavy (non-hydrogen) atoms. The molecule has 0 saturated heterocycles. The molecule has 2 N–H and O–H groups in total. The summed E-state index contributed by atoms with van der Waals surface area (Å²) in [5.41, 5.74) is -3.32. The van der Waals surface area contributed by atoms with Crippen LogP contribution in [0.25, 0.3) is 33.6 Å². The second-order valence-corrected chi connectivity index (χ2v) is 9.38. The number of hydrogen-bond acceptors (Lipinski definition) is 7. The lowest BCUT2D eigenvalue weighted by Crippen LogP contribution is -2.41. The van der Waals surface area contributed by atoms with E-state index in [0.29, 0.717) is 6.39 Å². The van der Waals surface area contributed by atoms with E-state index in [1.54, 1.807) is 0 Å². The average molecular weight is 602 g/mol. The van der Waals surface area contributed by atoms with Crippen LogP contribution in [0.1, 0.15) is 60.6 Å². The summed E-state index contributed by atoms with van der Waals surface area (Å²) in [5, 5.41) is 7.99. The fraction of sp³-hybridized carbons (Fsp3) is 0.233. The van der Waals surface area contributed by atoms with E-state index in [1.165, 1.54) is 49.5 Å². The monoisotopic (exact) mass is 601 g/mol. The topological polar surface area (TPSA) is 123 Å². The first kappa shape index (κ1) is 22.5. The highest BCUT2D eigenvalue weighted by molar-refractivity contribution is 6.11. The summed E-state index contributed by atoms with van der Waals surface area (Å²) in [4.78, 5) is 34.6. The Kier molecular flexibility index (Phi) is 5.92. The summed E-state index contributed by atoms with van der Waals surface area (Å²) in [7, 11) is 1.34. The first-order chi connectivity index (χ1) is 22.9. The third-order valence-corrected chi connectivity index (χ3v) is 6.40. The van der Waals surface area contributed by atoms with E-state index >= 15 is 0 Å². The lowest BCUT2D eigenvalue weighted by molar-refractivity contribution is -0.134. The Morgan fingerprint density at radius 3 is 2.44 bits per heavy atom. The second kappa shape index (κ2) is 11.3. The molecule has 0 aliphatic carbocycles. The number of alkyl halides is 3. The van der Waals surface area contributed by atoms with Gasteiger partial charge in [0.05, 0.1) is 22.2 Å². The fourth-order valence-electron chi connectivity index (χ4n) is 4.38.